The molecule has 0 amide bonds. The molecular weight excluding hydrogens is 128 g/mol. The van der Waals surface area contributed by atoms with Crippen molar-refractivity contribution in [2.45, 2.75) is 12.0 Å². The maximum absolute atomic E-state index is 11.4. The van der Waals surface area contributed by atoms with E-state index >= 15 is 0 Å². The summed E-state index contributed by atoms with van der Waals surface area (Å²) in [7, 11) is 0. The third-order valence-electron chi connectivity index (χ3n) is 0.861. The fourth-order valence-electron chi connectivity index (χ4n) is 0.290. The number of hydrogen-bond donors (Lipinski definition) is 0. The summed E-state index contributed by atoms with van der Waals surface area (Å²) in [5.74, 6) is -3.94. The monoisotopic (exact) mass is 130 g/mol. The second kappa shape index (κ2) is 1.15. The van der Waals surface area contributed by atoms with Gasteiger partial charge in [0.2, 0.25) is 0 Å². The maximum Gasteiger partial charge on any atom is 0.422 e. The number of halogens is 4. The minimum absolute atomic E-state index is 1.17. The minimum atomic E-state index is -4.22. The molecule has 1 aliphatic rings. The second-order valence-electron chi connectivity index (χ2n) is 1.51. The lowest BCUT2D eigenvalue weighted by atomic mass is 10.2. The van der Waals surface area contributed by atoms with E-state index in [0.29, 0.717) is 0 Å². The van der Waals surface area contributed by atoms with Gasteiger partial charge in [0.1, 0.15) is 6.61 Å². The van der Waals surface area contributed by atoms with Crippen molar-refractivity contribution in [3.8, 4) is 0 Å². The third kappa shape index (κ3) is 0.506. The molecule has 0 radical (unpaired) electrons. The van der Waals surface area contributed by atoms with E-state index in [1.807, 2.05) is 0 Å². The van der Waals surface area contributed by atoms with Crippen molar-refractivity contribution in [3.05, 3.63) is 0 Å². The summed E-state index contributed by atoms with van der Waals surface area (Å²) in [5.41, 5.74) is 0. The Morgan fingerprint density at radius 2 is 1.50 bits per heavy atom. The van der Waals surface area contributed by atoms with Gasteiger partial charge in [-0.25, -0.2) is 0 Å². The van der Waals surface area contributed by atoms with Crippen LogP contribution in [0, 0.1) is 0 Å². The molecule has 0 aromatic carbocycles. The van der Waals surface area contributed by atoms with E-state index in [1.54, 1.807) is 0 Å². The van der Waals surface area contributed by atoms with Crippen LogP contribution >= 0.6 is 0 Å². The van der Waals surface area contributed by atoms with Crippen molar-refractivity contribution >= 4 is 0 Å². The summed E-state index contributed by atoms with van der Waals surface area (Å²) in [4.78, 5) is 0. The molecule has 1 heterocycles. The molecule has 0 bridgehead atoms. The molecule has 0 N–H and O–H groups in total. The van der Waals surface area contributed by atoms with Gasteiger partial charge in [0.15, 0.2) is 0 Å². The van der Waals surface area contributed by atoms with Crippen molar-refractivity contribution in [1.82, 2.24) is 0 Å². The summed E-state index contributed by atoms with van der Waals surface area (Å²) in [6, 6.07) is 0. The smallest absolute Gasteiger partial charge is 0.309 e. The fourth-order valence-corrected chi connectivity index (χ4v) is 0.290. The van der Waals surface area contributed by atoms with Crippen LogP contribution in [-0.2, 0) is 4.74 Å². The first kappa shape index (κ1) is 5.81. The first-order valence-electron chi connectivity index (χ1n) is 1.85. The lowest BCUT2D eigenvalue weighted by Crippen LogP contribution is -2.57. The highest BCUT2D eigenvalue weighted by atomic mass is 19.3. The van der Waals surface area contributed by atoms with E-state index in [4.69, 9.17) is 0 Å². The number of alkyl halides is 4. The van der Waals surface area contributed by atoms with Gasteiger partial charge in [-0.15, -0.1) is 0 Å². The molecule has 0 aliphatic carbocycles. The molecule has 0 spiro atoms. The second-order valence-corrected chi connectivity index (χ2v) is 1.51. The predicted molar refractivity (Wildman–Crippen MR) is 15.8 cm³/mol. The summed E-state index contributed by atoms with van der Waals surface area (Å²) in [5, 5.41) is 0. The lowest BCUT2D eigenvalue weighted by molar-refractivity contribution is -0.441. The Morgan fingerprint density at radius 3 is 1.50 bits per heavy atom. The van der Waals surface area contributed by atoms with E-state index in [1.165, 1.54) is 0 Å². The van der Waals surface area contributed by atoms with Crippen molar-refractivity contribution < 1.29 is 22.3 Å². The first-order valence-corrected chi connectivity index (χ1v) is 1.85. The zero-order valence-corrected chi connectivity index (χ0v) is 3.63. The Bertz CT molecular complexity index is 95.9. The average molecular weight is 130 g/mol. The average Bonchev–Trinajstić information content (AvgIpc) is 1.64. The quantitative estimate of drug-likeness (QED) is 0.448. The molecule has 1 fully saturated rings. The Kier molecular flexibility index (Phi) is 0.836. The number of ether oxygens (including phenoxy) is 1. The van der Waals surface area contributed by atoms with Crippen LogP contribution in [-0.4, -0.2) is 18.6 Å². The van der Waals surface area contributed by atoms with Gasteiger partial charge in [0, 0.05) is 0 Å². The molecule has 8 heavy (non-hydrogen) atoms. The molecule has 0 aromatic heterocycles. The van der Waals surface area contributed by atoms with Gasteiger partial charge in [-0.3, -0.25) is 0 Å². The summed E-state index contributed by atoms with van der Waals surface area (Å²) >= 11 is 0. The molecule has 5 heteroatoms. The van der Waals surface area contributed by atoms with Crippen LogP contribution in [0.25, 0.3) is 0 Å². The fraction of sp³-hybridized carbons (Fsp3) is 1.00. The zero-order valence-electron chi connectivity index (χ0n) is 3.63. The van der Waals surface area contributed by atoms with Crippen LogP contribution in [0.1, 0.15) is 0 Å². The molecule has 1 nitrogen and oxygen atoms in total. The van der Waals surface area contributed by atoms with Crippen LogP contribution in [0.2, 0.25) is 0 Å². The molecule has 0 aromatic rings. The van der Waals surface area contributed by atoms with Crippen LogP contribution in [0.4, 0.5) is 17.6 Å². The Balaban J connectivity index is 2.63. The number of hydrogen-bond acceptors (Lipinski definition) is 1. The van der Waals surface area contributed by atoms with Crippen molar-refractivity contribution in [2.75, 3.05) is 6.61 Å². The van der Waals surface area contributed by atoms with Gasteiger partial charge in [0.25, 0.3) is 0 Å². The van der Waals surface area contributed by atoms with Crippen LogP contribution in [0.5, 0.6) is 0 Å². The third-order valence-corrected chi connectivity index (χ3v) is 0.861. The summed E-state index contributed by atoms with van der Waals surface area (Å²) in [6.07, 6.45) is -4.22. The summed E-state index contributed by atoms with van der Waals surface area (Å²) < 4.78 is 48.8. The SMILES string of the molecule is FC1(F)COC1(F)F. The standard InChI is InChI=1S/C3H2F4O/c4-2(5)1-8-3(2,6)7/h1H2. The molecule has 0 atom stereocenters. The summed E-state index contributed by atoms with van der Waals surface area (Å²) in [6.45, 7) is -1.17. The van der Waals surface area contributed by atoms with Crippen LogP contribution in [0.15, 0.2) is 0 Å². The van der Waals surface area contributed by atoms with Gasteiger partial charge < -0.3 is 4.74 Å². The van der Waals surface area contributed by atoms with Crippen molar-refractivity contribution in [3.63, 3.8) is 0 Å². The topological polar surface area (TPSA) is 9.23 Å². The van der Waals surface area contributed by atoms with E-state index in [2.05, 4.69) is 4.74 Å². The highest BCUT2D eigenvalue weighted by molar-refractivity contribution is 4.85. The highest BCUT2D eigenvalue weighted by Crippen LogP contribution is 2.43. The minimum Gasteiger partial charge on any atom is -0.309 e. The highest BCUT2D eigenvalue weighted by Gasteiger charge is 2.67. The maximum atomic E-state index is 11.4. The molecule has 1 rings (SSSR count). The molecule has 1 saturated heterocycles. The van der Waals surface area contributed by atoms with Gasteiger partial charge in [0.05, 0.1) is 0 Å². The van der Waals surface area contributed by atoms with Crippen molar-refractivity contribution in [2.24, 2.45) is 0 Å². The van der Waals surface area contributed by atoms with Crippen molar-refractivity contribution in [1.29, 1.82) is 0 Å². The lowest BCUT2D eigenvalue weighted by Gasteiger charge is -2.34. The molecular formula is C3H2F4O. The predicted octanol–water partition coefficient (Wildman–Crippen LogP) is 1.24. The number of rotatable bonds is 0. The van der Waals surface area contributed by atoms with E-state index < -0.39 is 18.6 Å². The molecule has 0 saturated carbocycles. The molecule has 0 unspecified atom stereocenters. The van der Waals surface area contributed by atoms with Crippen LogP contribution < -0.4 is 0 Å². The molecule has 48 valence electrons. The van der Waals surface area contributed by atoms with E-state index in [9.17, 15) is 17.6 Å². The Labute approximate surface area is 42.2 Å². The zero-order chi connectivity index (χ0) is 6.41. The Morgan fingerprint density at radius 1 is 1.12 bits per heavy atom. The van der Waals surface area contributed by atoms with E-state index in [0.717, 1.165) is 0 Å². The molecule has 1 aliphatic heterocycles. The van der Waals surface area contributed by atoms with Gasteiger partial charge >= 0.3 is 12.0 Å². The van der Waals surface area contributed by atoms with E-state index in [-0.39, 0.29) is 0 Å². The normalized spacial score (nSPS) is 31.5. The van der Waals surface area contributed by atoms with Gasteiger partial charge in [-0.1, -0.05) is 0 Å². The van der Waals surface area contributed by atoms with Crippen LogP contribution in [0.3, 0.4) is 0 Å². The van der Waals surface area contributed by atoms with Gasteiger partial charge in [-0.2, -0.15) is 17.6 Å². The van der Waals surface area contributed by atoms with Gasteiger partial charge in [-0.05, 0) is 0 Å². The Hall–Kier alpha value is -0.320. The largest absolute Gasteiger partial charge is 0.422 e. The first-order chi connectivity index (χ1) is 3.46.